The zero-order valence-corrected chi connectivity index (χ0v) is 20.2. The van der Waals surface area contributed by atoms with Crippen molar-refractivity contribution >= 4 is 5.97 Å². The van der Waals surface area contributed by atoms with Gasteiger partial charge in [-0.2, -0.15) is 0 Å². The number of carbonyl (C=O) groups excluding carboxylic acids is 1. The Balaban J connectivity index is 1.37. The van der Waals surface area contributed by atoms with E-state index < -0.39 is 0 Å². The molecule has 1 aromatic heterocycles. The van der Waals surface area contributed by atoms with E-state index in [1.807, 2.05) is 39.0 Å². The van der Waals surface area contributed by atoms with Crippen LogP contribution < -0.4 is 4.74 Å². The Labute approximate surface area is 200 Å². The number of nitrogens with zero attached hydrogens (tertiary/aromatic N) is 1. The zero-order valence-electron chi connectivity index (χ0n) is 20.2. The molecule has 0 bridgehead atoms. The van der Waals surface area contributed by atoms with Gasteiger partial charge in [0, 0.05) is 11.5 Å². The van der Waals surface area contributed by atoms with Gasteiger partial charge in [-0.3, -0.25) is 4.79 Å². The van der Waals surface area contributed by atoms with Crippen molar-refractivity contribution < 1.29 is 18.7 Å². The Hall–Kier alpha value is -3.21. The zero-order chi connectivity index (χ0) is 24.0. The summed E-state index contributed by atoms with van der Waals surface area (Å²) in [6.07, 6.45) is 1.65. The summed E-state index contributed by atoms with van der Waals surface area (Å²) in [5.41, 5.74) is 7.84. The summed E-state index contributed by atoms with van der Waals surface area (Å²) in [4.78, 5) is 16.8. The molecule has 3 unspecified atom stereocenters. The number of hydrogen-bond donors (Lipinski definition) is 0. The van der Waals surface area contributed by atoms with Gasteiger partial charge in [-0.15, -0.1) is 0 Å². The Morgan fingerprint density at radius 2 is 1.88 bits per heavy atom. The van der Waals surface area contributed by atoms with Crippen LogP contribution in [0.2, 0.25) is 0 Å². The fourth-order valence-corrected chi connectivity index (χ4v) is 5.54. The van der Waals surface area contributed by atoms with E-state index >= 15 is 0 Å². The lowest BCUT2D eigenvalue weighted by Crippen LogP contribution is -2.11. The second kappa shape index (κ2) is 8.86. The fourth-order valence-electron chi connectivity index (χ4n) is 5.54. The highest BCUT2D eigenvalue weighted by molar-refractivity contribution is 5.80. The van der Waals surface area contributed by atoms with E-state index in [-0.39, 0.29) is 30.2 Å². The number of benzene rings is 2. The van der Waals surface area contributed by atoms with Crippen molar-refractivity contribution in [2.24, 2.45) is 11.8 Å². The van der Waals surface area contributed by atoms with E-state index in [2.05, 4.69) is 24.0 Å². The van der Waals surface area contributed by atoms with Crippen LogP contribution in [0.5, 0.6) is 5.75 Å². The lowest BCUT2D eigenvalue weighted by molar-refractivity contribution is -0.145. The number of aryl methyl sites for hydroxylation is 3. The van der Waals surface area contributed by atoms with Gasteiger partial charge in [0.25, 0.3) is 0 Å². The van der Waals surface area contributed by atoms with Crippen LogP contribution in [0, 0.1) is 31.5 Å². The predicted octanol–water partition coefficient (Wildman–Crippen LogP) is 6.09. The highest BCUT2D eigenvalue weighted by Crippen LogP contribution is 2.62. The van der Waals surface area contributed by atoms with Crippen LogP contribution in [-0.4, -0.2) is 17.6 Å². The number of hydrogen-bond acceptors (Lipinski definition) is 4. The Morgan fingerprint density at radius 3 is 2.59 bits per heavy atom. The molecule has 0 N–H and O–H groups in total. The summed E-state index contributed by atoms with van der Waals surface area (Å²) in [6, 6.07) is 13.5. The van der Waals surface area contributed by atoms with E-state index in [1.54, 1.807) is 6.07 Å². The standard InChI is InChI=1S/C29H30FNO3/c1-5-18-12-20-19(13-21-27(20)28(21)29(32)33-6-2)14-25(18)34-15-24-22(30)10-11-23(31-24)26-16(3)8-7-9-17(26)4/h7-12,14,21,27-28H,5-6,13,15H2,1-4H3. The van der Waals surface area contributed by atoms with Gasteiger partial charge < -0.3 is 9.47 Å². The molecule has 1 fully saturated rings. The molecule has 34 heavy (non-hydrogen) atoms. The van der Waals surface area contributed by atoms with Crippen LogP contribution in [0.25, 0.3) is 11.3 Å². The smallest absolute Gasteiger partial charge is 0.309 e. The van der Waals surface area contributed by atoms with Crippen molar-refractivity contribution in [3.63, 3.8) is 0 Å². The summed E-state index contributed by atoms with van der Waals surface area (Å²) in [5.74, 6) is 0.923. The molecule has 0 aliphatic heterocycles. The maximum Gasteiger partial charge on any atom is 0.309 e. The van der Waals surface area contributed by atoms with Crippen molar-refractivity contribution in [2.45, 2.75) is 53.1 Å². The lowest BCUT2D eigenvalue weighted by Gasteiger charge is -2.16. The lowest BCUT2D eigenvalue weighted by atomic mass is 9.97. The Morgan fingerprint density at radius 1 is 1.12 bits per heavy atom. The number of ether oxygens (including phenoxy) is 2. The molecule has 0 saturated heterocycles. The number of fused-ring (bicyclic) bond motifs is 3. The van der Waals surface area contributed by atoms with Gasteiger partial charge in [-0.1, -0.05) is 31.2 Å². The van der Waals surface area contributed by atoms with Gasteiger partial charge in [0.1, 0.15) is 23.9 Å². The molecule has 5 heteroatoms. The topological polar surface area (TPSA) is 48.4 Å². The van der Waals surface area contributed by atoms with Crippen molar-refractivity contribution in [3.05, 3.63) is 81.8 Å². The van der Waals surface area contributed by atoms with Crippen LogP contribution in [0.4, 0.5) is 4.39 Å². The first-order valence-corrected chi connectivity index (χ1v) is 12.1. The van der Waals surface area contributed by atoms with E-state index in [1.165, 1.54) is 17.2 Å². The van der Waals surface area contributed by atoms with Gasteiger partial charge in [0.15, 0.2) is 0 Å². The first-order chi connectivity index (χ1) is 16.4. The van der Waals surface area contributed by atoms with Crippen LogP contribution in [0.15, 0.2) is 42.5 Å². The molecule has 0 amide bonds. The minimum Gasteiger partial charge on any atom is -0.487 e. The average Bonchev–Trinajstić information content (AvgIpc) is 3.41. The minimum atomic E-state index is -0.368. The maximum absolute atomic E-state index is 14.6. The van der Waals surface area contributed by atoms with Crippen molar-refractivity contribution in [1.29, 1.82) is 0 Å². The number of aromatic nitrogens is 1. The second-order valence-corrected chi connectivity index (χ2v) is 9.36. The van der Waals surface area contributed by atoms with Gasteiger partial charge in [0.2, 0.25) is 0 Å². The molecule has 3 atom stereocenters. The molecular formula is C29H30FNO3. The summed E-state index contributed by atoms with van der Waals surface area (Å²) in [7, 11) is 0. The normalized spacial score (nSPS) is 20.0. The monoisotopic (exact) mass is 459 g/mol. The first-order valence-electron chi connectivity index (χ1n) is 12.1. The third-order valence-electron chi connectivity index (χ3n) is 7.27. The summed E-state index contributed by atoms with van der Waals surface area (Å²) in [5, 5.41) is 0. The third kappa shape index (κ3) is 3.87. The number of esters is 1. The quantitative estimate of drug-likeness (QED) is 0.401. The van der Waals surface area contributed by atoms with E-state index in [9.17, 15) is 9.18 Å². The molecule has 0 radical (unpaired) electrons. The Bertz CT molecular complexity index is 1250. The summed E-state index contributed by atoms with van der Waals surface area (Å²) in [6.45, 7) is 8.49. The van der Waals surface area contributed by atoms with Crippen molar-refractivity contribution in [2.75, 3.05) is 6.61 Å². The Kier molecular flexibility index (Phi) is 5.88. The summed E-state index contributed by atoms with van der Waals surface area (Å²) < 4.78 is 26.0. The fraction of sp³-hybridized carbons (Fsp3) is 0.379. The predicted molar refractivity (Wildman–Crippen MR) is 129 cm³/mol. The maximum atomic E-state index is 14.6. The average molecular weight is 460 g/mol. The SMILES string of the molecule is CCOC(=O)C1C2Cc3cc(OCc4nc(-c5c(C)cccc5C)ccc4F)c(CC)cc3C21. The van der Waals surface area contributed by atoms with E-state index in [4.69, 9.17) is 9.47 Å². The molecule has 2 aliphatic rings. The molecular weight excluding hydrogens is 429 g/mol. The highest BCUT2D eigenvalue weighted by Gasteiger charge is 2.60. The van der Waals surface area contributed by atoms with Crippen LogP contribution >= 0.6 is 0 Å². The highest BCUT2D eigenvalue weighted by atomic mass is 19.1. The van der Waals surface area contributed by atoms with Gasteiger partial charge >= 0.3 is 5.97 Å². The molecule has 2 aromatic carbocycles. The molecule has 4 nitrogen and oxygen atoms in total. The molecule has 1 heterocycles. The van der Waals surface area contributed by atoms with Gasteiger partial charge in [-0.05, 0) is 85.5 Å². The van der Waals surface area contributed by atoms with Crippen LogP contribution in [-0.2, 0) is 29.0 Å². The molecule has 1 saturated carbocycles. The molecule has 0 spiro atoms. The summed E-state index contributed by atoms with van der Waals surface area (Å²) >= 11 is 0. The van der Waals surface area contributed by atoms with Crippen LogP contribution in [0.3, 0.4) is 0 Å². The number of pyridine rings is 1. The minimum absolute atomic E-state index is 0.00476. The van der Waals surface area contributed by atoms with Crippen LogP contribution in [0.1, 0.15) is 53.3 Å². The first kappa shape index (κ1) is 22.6. The van der Waals surface area contributed by atoms with E-state index in [0.29, 0.717) is 18.2 Å². The second-order valence-electron chi connectivity index (χ2n) is 9.36. The third-order valence-corrected chi connectivity index (χ3v) is 7.27. The van der Waals surface area contributed by atoms with Crippen molar-refractivity contribution in [3.8, 4) is 17.0 Å². The van der Waals surface area contributed by atoms with E-state index in [0.717, 1.165) is 46.5 Å². The number of carbonyl (C=O) groups is 1. The van der Waals surface area contributed by atoms with Crippen molar-refractivity contribution in [1.82, 2.24) is 4.98 Å². The largest absolute Gasteiger partial charge is 0.487 e. The molecule has 2 aliphatic carbocycles. The van der Waals surface area contributed by atoms with Gasteiger partial charge in [0.05, 0.1) is 18.2 Å². The van der Waals surface area contributed by atoms with Gasteiger partial charge in [-0.25, -0.2) is 9.37 Å². The number of rotatable bonds is 7. The molecule has 176 valence electrons. The number of halogens is 1. The molecule has 3 aromatic rings. The molecule has 5 rings (SSSR count).